The van der Waals surface area contributed by atoms with Crippen LogP contribution in [0.4, 0.5) is 13.2 Å². The van der Waals surface area contributed by atoms with Crippen molar-refractivity contribution in [3.8, 4) is 5.75 Å². The number of hydrogen-bond donors (Lipinski definition) is 1. The van der Waals surface area contributed by atoms with Gasteiger partial charge >= 0.3 is 6.61 Å². The molecule has 0 atom stereocenters. The zero-order valence-corrected chi connectivity index (χ0v) is 10.1. The van der Waals surface area contributed by atoms with E-state index in [0.29, 0.717) is 5.56 Å². The molecule has 0 aromatic carbocycles. The van der Waals surface area contributed by atoms with Crippen molar-refractivity contribution in [3.05, 3.63) is 47.8 Å². The SMILES string of the molecule is NC(=O)c1c(OC(F)F)ccn1Cc1ccnc(F)c1. The molecule has 0 saturated carbocycles. The van der Waals surface area contributed by atoms with Gasteiger partial charge in [0.15, 0.2) is 5.75 Å². The van der Waals surface area contributed by atoms with Gasteiger partial charge in [-0.15, -0.1) is 0 Å². The number of amides is 1. The molecule has 0 unspecified atom stereocenters. The predicted molar refractivity (Wildman–Crippen MR) is 62.9 cm³/mol. The van der Waals surface area contributed by atoms with Crippen LogP contribution in [0.2, 0.25) is 0 Å². The highest BCUT2D eigenvalue weighted by Gasteiger charge is 2.19. The van der Waals surface area contributed by atoms with E-state index in [1.165, 1.54) is 35.2 Å². The third-order valence-electron chi connectivity index (χ3n) is 2.52. The zero-order chi connectivity index (χ0) is 14.7. The number of carbonyl (C=O) groups excluding carboxylic acids is 1. The molecule has 2 rings (SSSR count). The number of alkyl halides is 2. The summed E-state index contributed by atoms with van der Waals surface area (Å²) in [5.74, 6) is -1.92. The van der Waals surface area contributed by atoms with Crippen molar-refractivity contribution in [1.82, 2.24) is 9.55 Å². The van der Waals surface area contributed by atoms with Crippen molar-refractivity contribution in [1.29, 1.82) is 0 Å². The van der Waals surface area contributed by atoms with E-state index in [9.17, 15) is 18.0 Å². The maximum Gasteiger partial charge on any atom is 0.387 e. The van der Waals surface area contributed by atoms with Gasteiger partial charge in [0.1, 0.15) is 5.69 Å². The van der Waals surface area contributed by atoms with Crippen LogP contribution in [0.15, 0.2) is 30.6 Å². The highest BCUT2D eigenvalue weighted by atomic mass is 19.3. The van der Waals surface area contributed by atoms with Crippen LogP contribution in [-0.4, -0.2) is 22.1 Å². The number of halogens is 3. The molecular weight excluding hydrogens is 275 g/mol. The number of nitrogens with two attached hydrogens (primary N) is 1. The van der Waals surface area contributed by atoms with Gasteiger partial charge in [0.2, 0.25) is 5.95 Å². The Morgan fingerprint density at radius 2 is 2.20 bits per heavy atom. The highest BCUT2D eigenvalue weighted by Crippen LogP contribution is 2.22. The van der Waals surface area contributed by atoms with Crippen LogP contribution >= 0.6 is 0 Å². The van der Waals surface area contributed by atoms with Crippen LogP contribution in [-0.2, 0) is 6.54 Å². The lowest BCUT2D eigenvalue weighted by Crippen LogP contribution is -2.19. The minimum absolute atomic E-state index is 0.0737. The average molecular weight is 285 g/mol. The number of nitrogens with zero attached hydrogens (tertiary/aromatic N) is 2. The number of primary amides is 1. The lowest BCUT2D eigenvalue weighted by Gasteiger charge is -2.09. The first-order chi connectivity index (χ1) is 9.47. The van der Waals surface area contributed by atoms with Crippen LogP contribution in [0.3, 0.4) is 0 Å². The van der Waals surface area contributed by atoms with Crippen LogP contribution in [0.5, 0.6) is 5.75 Å². The third-order valence-corrected chi connectivity index (χ3v) is 2.52. The Labute approximate surface area is 111 Å². The van der Waals surface area contributed by atoms with Crippen molar-refractivity contribution in [2.24, 2.45) is 5.73 Å². The van der Waals surface area contributed by atoms with Gasteiger partial charge in [0.25, 0.3) is 5.91 Å². The lowest BCUT2D eigenvalue weighted by molar-refractivity contribution is -0.0501. The first-order valence-electron chi connectivity index (χ1n) is 5.51. The molecule has 8 heteroatoms. The molecule has 5 nitrogen and oxygen atoms in total. The molecule has 2 N–H and O–H groups in total. The number of carbonyl (C=O) groups is 1. The molecule has 0 fully saturated rings. The monoisotopic (exact) mass is 285 g/mol. The minimum Gasteiger partial charge on any atom is -0.432 e. The van der Waals surface area contributed by atoms with Gasteiger partial charge in [0.05, 0.1) is 0 Å². The summed E-state index contributed by atoms with van der Waals surface area (Å²) in [7, 11) is 0. The quantitative estimate of drug-likeness (QED) is 0.851. The van der Waals surface area contributed by atoms with E-state index in [-0.39, 0.29) is 18.0 Å². The fourth-order valence-electron chi connectivity index (χ4n) is 1.78. The fraction of sp³-hybridized carbons (Fsp3) is 0.167. The van der Waals surface area contributed by atoms with E-state index >= 15 is 0 Å². The summed E-state index contributed by atoms with van der Waals surface area (Å²) < 4.78 is 42.9. The first-order valence-corrected chi connectivity index (χ1v) is 5.51. The van der Waals surface area contributed by atoms with Gasteiger partial charge in [-0.2, -0.15) is 13.2 Å². The van der Waals surface area contributed by atoms with Crippen LogP contribution in [0.1, 0.15) is 16.1 Å². The Hall–Kier alpha value is -2.51. The molecule has 2 heterocycles. The van der Waals surface area contributed by atoms with E-state index in [4.69, 9.17) is 5.73 Å². The topological polar surface area (TPSA) is 70.1 Å². The Kier molecular flexibility index (Phi) is 3.92. The second kappa shape index (κ2) is 5.64. The largest absolute Gasteiger partial charge is 0.432 e. The van der Waals surface area contributed by atoms with Gasteiger partial charge in [0, 0.05) is 18.9 Å². The zero-order valence-electron chi connectivity index (χ0n) is 10.1. The molecule has 0 aliphatic rings. The number of rotatable bonds is 5. The van der Waals surface area contributed by atoms with Crippen molar-refractivity contribution >= 4 is 5.91 Å². The summed E-state index contributed by atoms with van der Waals surface area (Å²) >= 11 is 0. The van der Waals surface area contributed by atoms with E-state index in [2.05, 4.69) is 9.72 Å². The highest BCUT2D eigenvalue weighted by molar-refractivity contribution is 5.94. The molecule has 0 saturated heterocycles. The first kappa shape index (κ1) is 13.9. The Balaban J connectivity index is 2.32. The van der Waals surface area contributed by atoms with Crippen molar-refractivity contribution in [2.75, 3.05) is 0 Å². The maximum atomic E-state index is 13.0. The molecule has 0 aliphatic carbocycles. The molecule has 0 radical (unpaired) electrons. The second-order valence-electron chi connectivity index (χ2n) is 3.89. The average Bonchev–Trinajstić information content (AvgIpc) is 2.71. The van der Waals surface area contributed by atoms with E-state index in [1.54, 1.807) is 0 Å². The molecular formula is C12H10F3N3O2. The van der Waals surface area contributed by atoms with Gasteiger partial charge in [-0.05, 0) is 23.8 Å². The summed E-state index contributed by atoms with van der Waals surface area (Å²) in [4.78, 5) is 14.7. The number of aromatic nitrogens is 2. The van der Waals surface area contributed by atoms with E-state index in [1.807, 2.05) is 0 Å². The summed E-state index contributed by atoms with van der Waals surface area (Å²) in [5.41, 5.74) is 5.44. The van der Waals surface area contributed by atoms with E-state index in [0.717, 1.165) is 0 Å². The Morgan fingerprint density at radius 1 is 1.45 bits per heavy atom. The third kappa shape index (κ3) is 3.08. The molecule has 0 spiro atoms. The summed E-state index contributed by atoms with van der Waals surface area (Å²) in [6, 6.07) is 3.89. The smallest absolute Gasteiger partial charge is 0.387 e. The summed E-state index contributed by atoms with van der Waals surface area (Å²) in [6.45, 7) is -2.99. The molecule has 0 bridgehead atoms. The molecule has 2 aromatic rings. The Morgan fingerprint density at radius 3 is 2.80 bits per heavy atom. The van der Waals surface area contributed by atoms with Gasteiger partial charge in [-0.25, -0.2) is 4.98 Å². The normalized spacial score (nSPS) is 10.8. The molecule has 0 aliphatic heterocycles. The molecule has 20 heavy (non-hydrogen) atoms. The predicted octanol–water partition coefficient (Wildman–Crippen LogP) is 1.77. The molecule has 2 aromatic heterocycles. The molecule has 106 valence electrons. The molecule has 1 amide bonds. The number of hydrogen-bond acceptors (Lipinski definition) is 3. The van der Waals surface area contributed by atoms with Gasteiger partial charge in [-0.1, -0.05) is 0 Å². The van der Waals surface area contributed by atoms with Crippen LogP contribution in [0.25, 0.3) is 0 Å². The fourth-order valence-corrected chi connectivity index (χ4v) is 1.78. The van der Waals surface area contributed by atoms with Crippen LogP contribution in [0, 0.1) is 5.95 Å². The summed E-state index contributed by atoms with van der Waals surface area (Å²) in [6.07, 6.45) is 2.62. The maximum absolute atomic E-state index is 13.0. The Bertz CT molecular complexity index is 628. The number of pyridine rings is 1. The summed E-state index contributed by atoms with van der Waals surface area (Å²) in [5, 5.41) is 0. The second-order valence-corrected chi connectivity index (χ2v) is 3.89. The van der Waals surface area contributed by atoms with Crippen molar-refractivity contribution < 1.29 is 22.7 Å². The van der Waals surface area contributed by atoms with Gasteiger partial charge in [-0.3, -0.25) is 4.79 Å². The minimum atomic E-state index is -3.07. The standard InChI is InChI=1S/C12H10F3N3O2/c13-9-5-7(1-3-17-9)6-18-4-2-8(20-12(14)15)10(18)11(16)19/h1-5,12H,6H2,(H2,16,19). The van der Waals surface area contributed by atoms with Crippen molar-refractivity contribution in [2.45, 2.75) is 13.2 Å². The van der Waals surface area contributed by atoms with Gasteiger partial charge < -0.3 is 15.0 Å². The van der Waals surface area contributed by atoms with Crippen molar-refractivity contribution in [3.63, 3.8) is 0 Å². The van der Waals surface area contributed by atoms with E-state index < -0.39 is 18.5 Å². The van der Waals surface area contributed by atoms with Crippen LogP contribution < -0.4 is 10.5 Å². The lowest BCUT2D eigenvalue weighted by atomic mass is 10.2. The number of ether oxygens (including phenoxy) is 1.